The molecule has 2 aromatic carbocycles. The molecule has 0 saturated heterocycles. The summed E-state index contributed by atoms with van der Waals surface area (Å²) in [5, 5.41) is 12.6. The number of benzene rings is 2. The molecule has 0 N–H and O–H groups in total. The highest BCUT2D eigenvalue weighted by molar-refractivity contribution is 5.87. The van der Waals surface area contributed by atoms with E-state index in [0.29, 0.717) is 11.4 Å². The maximum absolute atomic E-state index is 11.1. The molecule has 0 aliphatic heterocycles. The zero-order chi connectivity index (χ0) is 14.4. The fourth-order valence-corrected chi connectivity index (χ4v) is 1.65. The highest BCUT2D eigenvalue weighted by Crippen LogP contribution is 2.25. The number of carbonyl (C=O) groups is 1. The second kappa shape index (κ2) is 6.31. The summed E-state index contributed by atoms with van der Waals surface area (Å²) in [5.41, 5.74) is 9.45. The second-order valence-corrected chi connectivity index (χ2v) is 3.80. The van der Waals surface area contributed by atoms with E-state index in [0.717, 1.165) is 10.8 Å². The van der Waals surface area contributed by atoms with Gasteiger partial charge in [-0.15, -0.1) is 5.11 Å². The zero-order valence-corrected chi connectivity index (χ0v) is 10.7. The Morgan fingerprint density at radius 1 is 1.20 bits per heavy atom. The summed E-state index contributed by atoms with van der Waals surface area (Å²) >= 11 is 0. The van der Waals surface area contributed by atoms with Gasteiger partial charge in [0, 0.05) is 10.6 Å². The van der Waals surface area contributed by atoms with Crippen molar-refractivity contribution in [3.8, 4) is 0 Å². The van der Waals surface area contributed by atoms with Crippen molar-refractivity contribution in [2.24, 2.45) is 15.3 Å². The third-order valence-electron chi connectivity index (χ3n) is 2.48. The van der Waals surface area contributed by atoms with E-state index in [1.807, 2.05) is 12.1 Å². The van der Waals surface area contributed by atoms with E-state index in [4.69, 9.17) is 5.53 Å². The quantitative estimate of drug-likeness (QED) is 0.443. The third kappa shape index (κ3) is 3.30. The van der Waals surface area contributed by atoms with Crippen molar-refractivity contribution >= 4 is 28.2 Å². The molecule has 0 fully saturated rings. The minimum Gasteiger partial charge on any atom is -0.447 e. The van der Waals surface area contributed by atoms with E-state index < -0.39 is 6.09 Å². The van der Waals surface area contributed by atoms with Crippen molar-refractivity contribution in [3.05, 3.63) is 46.8 Å². The number of azo groups is 1. The van der Waals surface area contributed by atoms with Crippen molar-refractivity contribution in [3.63, 3.8) is 0 Å². The van der Waals surface area contributed by atoms with Gasteiger partial charge in [0.1, 0.15) is 0 Å². The molecular formula is C13H11N5O2. The first-order valence-corrected chi connectivity index (χ1v) is 5.90. The Bertz CT molecular complexity index is 720. The van der Waals surface area contributed by atoms with Crippen LogP contribution in [-0.2, 0) is 4.74 Å². The number of carbonyl (C=O) groups excluding carboxylic acids is 1. The molecule has 0 heterocycles. The molecule has 1 amide bonds. The summed E-state index contributed by atoms with van der Waals surface area (Å²) in [5.74, 6) is 0. The Labute approximate surface area is 114 Å². The van der Waals surface area contributed by atoms with Gasteiger partial charge in [-0.1, -0.05) is 28.4 Å². The first-order valence-electron chi connectivity index (χ1n) is 5.90. The average molecular weight is 269 g/mol. The molecular weight excluding hydrogens is 258 g/mol. The average Bonchev–Trinajstić information content (AvgIpc) is 2.45. The largest absolute Gasteiger partial charge is 0.452 e. The molecule has 0 spiro atoms. The SMILES string of the molecule is CCOC(=O)N=Nc1ccc2ccc(N=[N+]=[N-])cc2c1. The molecule has 0 bridgehead atoms. The van der Waals surface area contributed by atoms with E-state index >= 15 is 0 Å². The van der Waals surface area contributed by atoms with E-state index in [-0.39, 0.29) is 6.61 Å². The summed E-state index contributed by atoms with van der Waals surface area (Å²) in [4.78, 5) is 13.8. The molecule has 7 nitrogen and oxygen atoms in total. The number of hydrogen-bond donors (Lipinski definition) is 0. The maximum atomic E-state index is 11.1. The molecule has 0 atom stereocenters. The third-order valence-corrected chi connectivity index (χ3v) is 2.48. The lowest BCUT2D eigenvalue weighted by Crippen LogP contribution is -1.95. The molecule has 0 aromatic heterocycles. The van der Waals surface area contributed by atoms with Crippen LogP contribution in [0.3, 0.4) is 0 Å². The lowest BCUT2D eigenvalue weighted by atomic mass is 10.1. The van der Waals surface area contributed by atoms with Gasteiger partial charge in [-0.2, -0.15) is 0 Å². The van der Waals surface area contributed by atoms with Crippen LogP contribution in [0.5, 0.6) is 0 Å². The summed E-state index contributed by atoms with van der Waals surface area (Å²) in [7, 11) is 0. The van der Waals surface area contributed by atoms with Gasteiger partial charge < -0.3 is 4.74 Å². The standard InChI is InChI=1S/C13H11N5O2/c1-2-20-13(19)17-15-11-5-3-9-4-6-12(16-18-14)8-10(9)7-11/h3-8H,2H2,1H3. The minimum atomic E-state index is -0.726. The molecule has 0 aliphatic rings. The fourth-order valence-electron chi connectivity index (χ4n) is 1.65. The van der Waals surface area contributed by atoms with Crippen molar-refractivity contribution < 1.29 is 9.53 Å². The van der Waals surface area contributed by atoms with Crippen molar-refractivity contribution in [1.82, 2.24) is 0 Å². The van der Waals surface area contributed by atoms with Gasteiger partial charge in [0.15, 0.2) is 0 Å². The van der Waals surface area contributed by atoms with Gasteiger partial charge in [-0.3, -0.25) is 0 Å². The normalized spacial score (nSPS) is 10.4. The predicted octanol–water partition coefficient (Wildman–Crippen LogP) is 5.02. The zero-order valence-electron chi connectivity index (χ0n) is 10.7. The Kier molecular flexibility index (Phi) is 4.26. The van der Waals surface area contributed by atoms with Gasteiger partial charge in [0.05, 0.1) is 12.3 Å². The lowest BCUT2D eigenvalue weighted by molar-refractivity contribution is 0.162. The van der Waals surface area contributed by atoms with Crippen molar-refractivity contribution in [1.29, 1.82) is 0 Å². The Balaban J connectivity index is 2.32. The van der Waals surface area contributed by atoms with Gasteiger partial charge >= 0.3 is 6.09 Å². The summed E-state index contributed by atoms with van der Waals surface area (Å²) < 4.78 is 4.65. The Morgan fingerprint density at radius 3 is 2.60 bits per heavy atom. The molecule has 0 saturated carbocycles. The van der Waals surface area contributed by atoms with Gasteiger partial charge in [-0.25, -0.2) is 4.79 Å². The number of ether oxygens (including phenoxy) is 1. The van der Waals surface area contributed by atoms with Crippen LogP contribution in [0, 0.1) is 0 Å². The first-order chi connectivity index (χ1) is 9.72. The van der Waals surface area contributed by atoms with Crippen LogP contribution in [0.1, 0.15) is 6.92 Å². The Morgan fingerprint density at radius 2 is 1.90 bits per heavy atom. The lowest BCUT2D eigenvalue weighted by Gasteiger charge is -2.00. The fraction of sp³-hybridized carbons (Fsp3) is 0.154. The molecule has 2 rings (SSSR count). The van der Waals surface area contributed by atoms with Crippen molar-refractivity contribution in [2.45, 2.75) is 6.92 Å². The summed E-state index contributed by atoms with van der Waals surface area (Å²) in [6.45, 7) is 1.95. The van der Waals surface area contributed by atoms with Crippen molar-refractivity contribution in [2.75, 3.05) is 6.61 Å². The van der Waals surface area contributed by atoms with Crippen LogP contribution < -0.4 is 0 Å². The second-order valence-electron chi connectivity index (χ2n) is 3.80. The smallest absolute Gasteiger partial charge is 0.447 e. The summed E-state index contributed by atoms with van der Waals surface area (Å²) in [6, 6.07) is 10.6. The summed E-state index contributed by atoms with van der Waals surface area (Å²) in [6.07, 6.45) is -0.726. The molecule has 0 unspecified atom stereocenters. The monoisotopic (exact) mass is 269 g/mol. The van der Waals surface area contributed by atoms with E-state index in [1.54, 1.807) is 31.2 Å². The molecule has 20 heavy (non-hydrogen) atoms. The first kappa shape index (κ1) is 13.5. The predicted molar refractivity (Wildman–Crippen MR) is 74.3 cm³/mol. The highest BCUT2D eigenvalue weighted by atomic mass is 16.5. The number of azide groups is 1. The minimum absolute atomic E-state index is 0.255. The Hall–Kier alpha value is -2.92. The molecule has 2 aromatic rings. The molecule has 0 radical (unpaired) electrons. The number of fused-ring (bicyclic) bond motifs is 1. The van der Waals surface area contributed by atoms with Crippen LogP contribution >= 0.6 is 0 Å². The van der Waals surface area contributed by atoms with Gasteiger partial charge in [0.25, 0.3) is 0 Å². The van der Waals surface area contributed by atoms with Crippen LogP contribution in [0.4, 0.5) is 16.2 Å². The van der Waals surface area contributed by atoms with Crippen LogP contribution in [0.2, 0.25) is 0 Å². The number of rotatable bonds is 3. The number of nitrogens with zero attached hydrogens (tertiary/aromatic N) is 5. The van der Waals surface area contributed by atoms with Crippen LogP contribution in [0.15, 0.2) is 51.7 Å². The van der Waals surface area contributed by atoms with Crippen LogP contribution in [0.25, 0.3) is 21.2 Å². The maximum Gasteiger partial charge on any atom is 0.452 e. The van der Waals surface area contributed by atoms with Crippen LogP contribution in [-0.4, -0.2) is 12.7 Å². The van der Waals surface area contributed by atoms with Gasteiger partial charge in [-0.05, 0) is 41.4 Å². The number of hydrogen-bond acceptors (Lipinski definition) is 4. The van der Waals surface area contributed by atoms with E-state index in [2.05, 4.69) is 25.0 Å². The number of amides is 1. The van der Waals surface area contributed by atoms with E-state index in [9.17, 15) is 4.79 Å². The van der Waals surface area contributed by atoms with Gasteiger partial charge in [0.2, 0.25) is 0 Å². The van der Waals surface area contributed by atoms with E-state index in [1.165, 1.54) is 0 Å². The molecule has 100 valence electrons. The molecule has 0 aliphatic carbocycles. The topological polar surface area (TPSA) is 99.8 Å². The highest BCUT2D eigenvalue weighted by Gasteiger charge is 2.00. The molecule has 7 heteroatoms.